The average Bonchev–Trinajstić information content (AvgIpc) is 3.31. The normalized spacial score (nSPS) is 18.1. The Labute approximate surface area is 213 Å². The molecular weight excluding hydrogens is 515 g/mol. The zero-order valence-electron chi connectivity index (χ0n) is 18.7. The minimum atomic E-state index is -4.53. The van der Waals surface area contributed by atoms with Gasteiger partial charge in [0.25, 0.3) is 5.91 Å². The van der Waals surface area contributed by atoms with Crippen LogP contribution in [0.2, 0.25) is 5.02 Å². The molecule has 36 heavy (non-hydrogen) atoms. The van der Waals surface area contributed by atoms with Crippen LogP contribution in [0.5, 0.6) is 0 Å². The van der Waals surface area contributed by atoms with Gasteiger partial charge in [0.15, 0.2) is 5.17 Å². The average molecular weight is 534 g/mol. The van der Waals surface area contributed by atoms with Crippen molar-refractivity contribution in [1.82, 2.24) is 20.0 Å². The molecule has 3 heterocycles. The Morgan fingerprint density at radius 2 is 1.97 bits per heavy atom. The number of aliphatic imine (C=N–C) groups is 1. The molecule has 0 saturated carbocycles. The van der Waals surface area contributed by atoms with Crippen LogP contribution in [0, 0.1) is 0 Å². The number of rotatable bonds is 3. The summed E-state index contributed by atoms with van der Waals surface area (Å²) in [6, 6.07) is 9.05. The number of amides is 2. The summed E-state index contributed by atoms with van der Waals surface area (Å²) >= 11 is 7.04. The van der Waals surface area contributed by atoms with Gasteiger partial charge < -0.3 is 10.2 Å². The van der Waals surface area contributed by atoms with Gasteiger partial charge in [0.2, 0.25) is 5.91 Å². The third-order valence-corrected chi connectivity index (χ3v) is 7.13. The summed E-state index contributed by atoms with van der Waals surface area (Å²) < 4.78 is 41.9. The summed E-state index contributed by atoms with van der Waals surface area (Å²) in [6.07, 6.45) is -0.891. The van der Waals surface area contributed by atoms with Crippen molar-refractivity contribution in [2.45, 2.75) is 19.1 Å². The number of halogens is 4. The van der Waals surface area contributed by atoms with E-state index in [4.69, 9.17) is 11.6 Å². The third kappa shape index (κ3) is 5.12. The van der Waals surface area contributed by atoms with E-state index in [0.29, 0.717) is 41.6 Å². The molecule has 0 atom stereocenters. The van der Waals surface area contributed by atoms with Gasteiger partial charge in [-0.2, -0.15) is 23.3 Å². The number of hydrogen-bond donors (Lipinski definition) is 1. The first kappa shape index (κ1) is 24.4. The number of nitrogens with zero attached hydrogens (tertiary/aromatic N) is 4. The smallest absolute Gasteiger partial charge is 0.354 e. The lowest BCUT2D eigenvalue weighted by Crippen LogP contribution is -2.31. The zero-order valence-corrected chi connectivity index (χ0v) is 20.3. The van der Waals surface area contributed by atoms with Gasteiger partial charge >= 0.3 is 6.18 Å². The number of alkyl halides is 3. The van der Waals surface area contributed by atoms with Crippen LogP contribution in [0.15, 0.2) is 52.5 Å². The van der Waals surface area contributed by atoms with Crippen LogP contribution < -0.4 is 5.32 Å². The predicted octanol–water partition coefficient (Wildman–Crippen LogP) is 4.55. The van der Waals surface area contributed by atoms with Crippen molar-refractivity contribution in [1.29, 1.82) is 0 Å². The van der Waals surface area contributed by atoms with Crippen LogP contribution in [0.4, 0.5) is 13.2 Å². The second kappa shape index (κ2) is 9.62. The van der Waals surface area contributed by atoms with Crippen LogP contribution >= 0.6 is 23.4 Å². The lowest BCUT2D eigenvalue weighted by Gasteiger charge is -2.19. The highest BCUT2D eigenvalue weighted by Crippen LogP contribution is 2.35. The Balaban J connectivity index is 1.35. The van der Waals surface area contributed by atoms with E-state index in [0.717, 1.165) is 17.0 Å². The fourth-order valence-electron chi connectivity index (χ4n) is 4.08. The van der Waals surface area contributed by atoms with Crippen LogP contribution in [0.25, 0.3) is 17.0 Å². The quantitative estimate of drug-likeness (QED) is 0.500. The third-order valence-electron chi connectivity index (χ3n) is 5.85. The molecule has 2 aliphatic heterocycles. The molecule has 12 heteroatoms. The number of carbonyl (C=O) groups is 2. The van der Waals surface area contributed by atoms with Crippen molar-refractivity contribution in [2.75, 3.05) is 19.6 Å². The van der Waals surface area contributed by atoms with E-state index in [1.54, 1.807) is 24.4 Å². The molecule has 1 saturated heterocycles. The molecule has 1 N–H and O–H groups in total. The Hall–Kier alpha value is -3.31. The molecule has 0 radical (unpaired) electrons. The van der Waals surface area contributed by atoms with Crippen LogP contribution in [0.3, 0.4) is 0 Å². The number of nitrogens with one attached hydrogen (secondary N) is 1. The molecule has 186 valence electrons. The standard InChI is InChI=1S/C24H19ClF3N5O2S/c25-17-3-2-15(18(11-17)24(26,27)28)13-33-19-4-1-14(9-16(19)12-30-33)10-20-22(35)31-23(36-20)32-7-5-21(34)29-6-8-32/h1-4,9-12H,5-8,13H2,(H,29,34)/b20-10-. The molecular formula is C24H19ClF3N5O2S. The number of benzene rings is 2. The molecule has 5 rings (SSSR count). The predicted molar refractivity (Wildman–Crippen MR) is 132 cm³/mol. The molecule has 3 aromatic rings. The van der Waals surface area contributed by atoms with Crippen molar-refractivity contribution in [3.63, 3.8) is 0 Å². The molecule has 1 aromatic heterocycles. The van der Waals surface area contributed by atoms with E-state index in [-0.39, 0.29) is 28.9 Å². The van der Waals surface area contributed by atoms with Gasteiger partial charge in [-0.15, -0.1) is 0 Å². The van der Waals surface area contributed by atoms with E-state index in [1.165, 1.54) is 28.6 Å². The van der Waals surface area contributed by atoms with Gasteiger partial charge in [-0.25, -0.2) is 0 Å². The zero-order chi connectivity index (χ0) is 25.4. The Kier molecular flexibility index (Phi) is 6.52. The minimum Gasteiger partial charge on any atom is -0.354 e. The maximum absolute atomic E-state index is 13.5. The van der Waals surface area contributed by atoms with E-state index < -0.39 is 11.7 Å². The lowest BCUT2D eigenvalue weighted by atomic mass is 10.1. The van der Waals surface area contributed by atoms with Gasteiger partial charge in [0, 0.05) is 36.5 Å². The summed E-state index contributed by atoms with van der Waals surface area (Å²) in [5.41, 5.74) is 0.664. The number of carbonyl (C=O) groups excluding carboxylic acids is 2. The molecule has 0 spiro atoms. The fourth-order valence-corrected chi connectivity index (χ4v) is 5.21. The first-order valence-electron chi connectivity index (χ1n) is 11.0. The maximum Gasteiger partial charge on any atom is 0.416 e. The molecule has 2 amide bonds. The highest BCUT2D eigenvalue weighted by molar-refractivity contribution is 8.18. The lowest BCUT2D eigenvalue weighted by molar-refractivity contribution is -0.138. The first-order chi connectivity index (χ1) is 17.2. The highest BCUT2D eigenvalue weighted by atomic mass is 35.5. The van der Waals surface area contributed by atoms with Crippen molar-refractivity contribution >= 4 is 57.3 Å². The van der Waals surface area contributed by atoms with Crippen molar-refractivity contribution in [3.05, 3.63) is 69.2 Å². The second-order valence-corrected chi connectivity index (χ2v) is 9.76. The van der Waals surface area contributed by atoms with E-state index in [2.05, 4.69) is 15.4 Å². The van der Waals surface area contributed by atoms with Gasteiger partial charge in [-0.05, 0) is 53.2 Å². The molecule has 2 aromatic carbocycles. The number of thioether (sulfide) groups is 1. The monoisotopic (exact) mass is 533 g/mol. The summed E-state index contributed by atoms with van der Waals surface area (Å²) in [5, 5.41) is 8.37. The Morgan fingerprint density at radius 3 is 2.78 bits per heavy atom. The van der Waals surface area contributed by atoms with E-state index >= 15 is 0 Å². The summed E-state index contributed by atoms with van der Waals surface area (Å²) in [4.78, 5) is 30.6. The summed E-state index contributed by atoms with van der Waals surface area (Å²) in [7, 11) is 0. The van der Waals surface area contributed by atoms with Gasteiger partial charge in [0.05, 0.1) is 28.7 Å². The topological polar surface area (TPSA) is 79.6 Å². The minimum absolute atomic E-state index is 0.0153. The van der Waals surface area contributed by atoms with Crippen molar-refractivity contribution < 1.29 is 22.8 Å². The number of hydrogen-bond acceptors (Lipinski definition) is 5. The Morgan fingerprint density at radius 1 is 1.14 bits per heavy atom. The summed E-state index contributed by atoms with van der Waals surface area (Å²) in [6.45, 7) is 1.49. The maximum atomic E-state index is 13.5. The van der Waals surface area contributed by atoms with Crippen LogP contribution in [-0.4, -0.2) is 51.3 Å². The Bertz CT molecular complexity index is 1430. The number of fused-ring (bicyclic) bond motifs is 1. The number of aromatic nitrogens is 2. The SMILES string of the molecule is O=C1CCN(C2=NC(=O)/C(=C/c3ccc4c(cnn4Cc4ccc(Cl)cc4C(F)(F)F)c3)S2)CCN1. The summed E-state index contributed by atoms with van der Waals surface area (Å²) in [5.74, 6) is -0.375. The molecule has 7 nitrogen and oxygen atoms in total. The second-order valence-electron chi connectivity index (χ2n) is 8.32. The van der Waals surface area contributed by atoms with Crippen molar-refractivity contribution in [3.8, 4) is 0 Å². The van der Waals surface area contributed by atoms with E-state index in [1.807, 2.05) is 11.0 Å². The van der Waals surface area contributed by atoms with Gasteiger partial charge in [-0.3, -0.25) is 14.3 Å². The molecule has 1 fully saturated rings. The van der Waals surface area contributed by atoms with Crippen molar-refractivity contribution in [2.24, 2.45) is 4.99 Å². The molecule has 0 unspecified atom stereocenters. The first-order valence-corrected chi connectivity index (χ1v) is 12.2. The van der Waals surface area contributed by atoms with Crippen LogP contribution in [0.1, 0.15) is 23.1 Å². The number of amidine groups is 1. The molecule has 0 aliphatic carbocycles. The van der Waals surface area contributed by atoms with E-state index in [9.17, 15) is 22.8 Å². The van der Waals surface area contributed by atoms with Gasteiger partial charge in [0.1, 0.15) is 0 Å². The molecule has 0 bridgehead atoms. The largest absolute Gasteiger partial charge is 0.416 e. The van der Waals surface area contributed by atoms with Gasteiger partial charge in [-0.1, -0.05) is 23.7 Å². The molecule has 2 aliphatic rings. The highest BCUT2D eigenvalue weighted by Gasteiger charge is 2.33. The fraction of sp³-hybridized carbons (Fsp3) is 0.250. The van der Waals surface area contributed by atoms with Crippen LogP contribution in [-0.2, 0) is 22.3 Å².